The van der Waals surface area contributed by atoms with Crippen LogP contribution in [-0.4, -0.2) is 30.3 Å². The molecule has 1 aromatic carbocycles. The van der Waals surface area contributed by atoms with Gasteiger partial charge in [0.25, 0.3) is 0 Å². The number of rotatable bonds is 13. The van der Waals surface area contributed by atoms with Gasteiger partial charge in [-0.25, -0.2) is 0 Å². The van der Waals surface area contributed by atoms with Gasteiger partial charge in [-0.1, -0.05) is 56.5 Å². The molecule has 8 heteroatoms. The maximum Gasteiger partial charge on any atom is 0.673 e. The van der Waals surface area contributed by atoms with Crippen molar-refractivity contribution in [3.63, 3.8) is 0 Å². The normalized spacial score (nSPS) is 12.6. The van der Waals surface area contributed by atoms with Crippen molar-refractivity contribution in [3.8, 4) is 0 Å². The summed E-state index contributed by atoms with van der Waals surface area (Å²) in [5, 5.41) is 1.85. The molecule has 0 heterocycles. The molecule has 0 fully saturated rings. The van der Waals surface area contributed by atoms with Gasteiger partial charge in [0.1, 0.15) is 15.7 Å². The molecular formula is C23H39BF4O2S. The largest absolute Gasteiger partial charge is 0.673 e. The fourth-order valence-corrected chi connectivity index (χ4v) is 6.86. The zero-order valence-electron chi connectivity index (χ0n) is 19.6. The molecule has 0 aliphatic carbocycles. The fraction of sp³-hybridized carbons (Fsp3) is 0.696. The van der Waals surface area contributed by atoms with E-state index in [9.17, 15) is 22.1 Å². The Morgan fingerprint density at radius 1 is 0.935 bits per heavy atom. The second kappa shape index (κ2) is 16.5. The molecule has 0 aliphatic rings. The third-order valence-corrected chi connectivity index (χ3v) is 8.04. The van der Waals surface area contributed by atoms with Crippen LogP contribution in [0.15, 0.2) is 30.3 Å². The number of unbranched alkanes of at least 4 members (excludes halogenated alkanes) is 3. The van der Waals surface area contributed by atoms with Crippen LogP contribution in [0.25, 0.3) is 0 Å². The van der Waals surface area contributed by atoms with E-state index in [1.54, 1.807) is 0 Å². The number of benzene rings is 1. The summed E-state index contributed by atoms with van der Waals surface area (Å²) in [5.74, 6) is -0.0257. The number of hydrogen-bond donors (Lipinski definition) is 0. The van der Waals surface area contributed by atoms with E-state index in [0.717, 1.165) is 25.7 Å². The van der Waals surface area contributed by atoms with Crippen LogP contribution in [0.1, 0.15) is 90.4 Å². The molecule has 180 valence electrons. The highest BCUT2D eigenvalue weighted by molar-refractivity contribution is 7.98. The Bertz CT molecular complexity index is 569. The molecule has 0 spiro atoms. The summed E-state index contributed by atoms with van der Waals surface area (Å²) in [7, 11) is -5.69. The lowest BCUT2D eigenvalue weighted by Gasteiger charge is -2.25. The summed E-state index contributed by atoms with van der Waals surface area (Å²) < 4.78 is 44.4. The van der Waals surface area contributed by atoms with Gasteiger partial charge in [0.05, 0.1) is 6.61 Å². The van der Waals surface area contributed by atoms with Crippen molar-refractivity contribution in [1.82, 2.24) is 0 Å². The quantitative estimate of drug-likeness (QED) is 0.0977. The number of carbonyl (C=O) groups excluding carboxylic acids is 1. The van der Waals surface area contributed by atoms with Gasteiger partial charge in [0.15, 0.2) is 0 Å². The minimum absolute atomic E-state index is 0.0257. The first kappa shape index (κ1) is 29.8. The Balaban J connectivity index is 0.00000161. The predicted octanol–water partition coefficient (Wildman–Crippen LogP) is 7.76. The molecule has 0 aromatic heterocycles. The molecule has 0 bridgehead atoms. The van der Waals surface area contributed by atoms with Crippen molar-refractivity contribution in [3.05, 3.63) is 35.9 Å². The van der Waals surface area contributed by atoms with Crippen molar-refractivity contribution in [1.29, 1.82) is 0 Å². The summed E-state index contributed by atoms with van der Waals surface area (Å²) in [6, 6.07) is 10.9. The summed E-state index contributed by atoms with van der Waals surface area (Å²) in [6.45, 7) is 12.1. The Hall–Kier alpha value is -1.18. The van der Waals surface area contributed by atoms with Crippen LogP contribution in [0.3, 0.4) is 0 Å². The zero-order valence-corrected chi connectivity index (χ0v) is 20.4. The first-order valence-corrected chi connectivity index (χ1v) is 12.7. The van der Waals surface area contributed by atoms with Crippen molar-refractivity contribution in [2.75, 3.05) is 6.61 Å². The minimum Gasteiger partial charge on any atom is -0.466 e. The van der Waals surface area contributed by atoms with Crippen molar-refractivity contribution in [2.24, 2.45) is 0 Å². The molecule has 1 aromatic rings. The Morgan fingerprint density at radius 3 is 1.97 bits per heavy atom. The molecule has 2 nitrogen and oxygen atoms in total. The third kappa shape index (κ3) is 16.2. The number of carbonyl (C=O) groups is 1. The van der Waals surface area contributed by atoms with Gasteiger partial charge in [-0.2, -0.15) is 0 Å². The Labute approximate surface area is 189 Å². The number of esters is 1. The van der Waals surface area contributed by atoms with Gasteiger partial charge in [-0.15, -0.1) is 0 Å². The smallest absolute Gasteiger partial charge is 0.466 e. The first-order valence-electron chi connectivity index (χ1n) is 11.3. The highest BCUT2D eigenvalue weighted by Crippen LogP contribution is 2.35. The van der Waals surface area contributed by atoms with Gasteiger partial charge in [-0.05, 0) is 57.9 Å². The summed E-state index contributed by atoms with van der Waals surface area (Å²) in [5.41, 5.74) is 1.42. The summed E-state index contributed by atoms with van der Waals surface area (Å²) >= 11 is 0. The van der Waals surface area contributed by atoms with Crippen molar-refractivity contribution in [2.45, 2.75) is 95.3 Å². The topological polar surface area (TPSA) is 26.3 Å². The minimum atomic E-state index is -6.00. The van der Waals surface area contributed by atoms with E-state index < -0.39 is 7.25 Å². The van der Waals surface area contributed by atoms with E-state index >= 15 is 0 Å². The van der Waals surface area contributed by atoms with Crippen LogP contribution in [-0.2, 0) is 20.4 Å². The summed E-state index contributed by atoms with van der Waals surface area (Å²) in [4.78, 5) is 12.0. The second-order valence-corrected chi connectivity index (χ2v) is 11.3. The predicted molar refractivity (Wildman–Crippen MR) is 126 cm³/mol. The molecule has 0 amide bonds. The lowest BCUT2D eigenvalue weighted by molar-refractivity contribution is -0.143. The van der Waals surface area contributed by atoms with Gasteiger partial charge in [0.2, 0.25) is 0 Å². The van der Waals surface area contributed by atoms with E-state index in [1.807, 2.05) is 0 Å². The van der Waals surface area contributed by atoms with E-state index in [0.29, 0.717) is 39.7 Å². The highest BCUT2D eigenvalue weighted by atomic mass is 32.2. The molecule has 0 saturated heterocycles. The van der Waals surface area contributed by atoms with E-state index in [1.165, 1.54) is 18.4 Å². The fourth-order valence-electron chi connectivity index (χ4n) is 3.55. The molecule has 0 aliphatic heterocycles. The van der Waals surface area contributed by atoms with E-state index in [4.69, 9.17) is 4.74 Å². The van der Waals surface area contributed by atoms with Crippen LogP contribution in [0.2, 0.25) is 0 Å². The number of hydrogen-bond acceptors (Lipinski definition) is 2. The average Bonchev–Trinajstić information content (AvgIpc) is 2.65. The standard InChI is InChI=1S/C23H39O2S.BF4/c1-6-7-8-12-18-25-23(24)17-13-16-22(21-14-10-9-11-15-21)26(19(2)3)20(4)5;2-1(3,4)5/h9-11,14-15,19-20,22H,6-8,12-13,16-18H2,1-5H3;/q+1;-1. The lowest BCUT2D eigenvalue weighted by atomic mass is 10.1. The monoisotopic (exact) mass is 466 g/mol. The Kier molecular flexibility index (Phi) is 15.8. The SMILES string of the molecule is CCCCCCOC(=O)CCCC(c1ccccc1)[S+](C(C)C)C(C)C.F[B-](F)(F)F. The first-order chi connectivity index (χ1) is 14.5. The van der Waals surface area contributed by atoms with Gasteiger partial charge in [0, 0.05) is 12.0 Å². The van der Waals surface area contributed by atoms with Gasteiger partial charge < -0.3 is 22.0 Å². The highest BCUT2D eigenvalue weighted by Gasteiger charge is 2.37. The van der Waals surface area contributed by atoms with Gasteiger partial charge >= 0.3 is 13.2 Å². The van der Waals surface area contributed by atoms with Crippen molar-refractivity contribution >= 4 is 24.1 Å². The van der Waals surface area contributed by atoms with Crippen LogP contribution < -0.4 is 0 Å². The van der Waals surface area contributed by atoms with E-state index in [-0.39, 0.29) is 5.97 Å². The molecule has 1 atom stereocenters. The number of halogens is 4. The van der Waals surface area contributed by atoms with E-state index in [2.05, 4.69) is 65.0 Å². The zero-order chi connectivity index (χ0) is 23.9. The summed E-state index contributed by atoms with van der Waals surface area (Å²) in [6.07, 6.45) is 7.11. The van der Waals surface area contributed by atoms with Crippen molar-refractivity contribution < 1.29 is 26.8 Å². The molecule has 31 heavy (non-hydrogen) atoms. The molecule has 0 N–H and O–H groups in total. The lowest BCUT2D eigenvalue weighted by Crippen LogP contribution is -2.30. The average molecular weight is 466 g/mol. The van der Waals surface area contributed by atoms with Crippen LogP contribution >= 0.6 is 0 Å². The van der Waals surface area contributed by atoms with Crippen LogP contribution in [0.4, 0.5) is 17.3 Å². The maximum absolute atomic E-state index is 12.0. The Morgan fingerprint density at radius 2 is 1.48 bits per heavy atom. The van der Waals surface area contributed by atoms with Crippen LogP contribution in [0.5, 0.6) is 0 Å². The maximum atomic E-state index is 12.0. The molecule has 1 rings (SSSR count). The second-order valence-electron chi connectivity index (χ2n) is 8.07. The molecular weight excluding hydrogens is 427 g/mol. The molecule has 0 radical (unpaired) electrons. The van der Waals surface area contributed by atoms with Crippen LogP contribution in [0, 0.1) is 0 Å². The molecule has 1 unspecified atom stereocenters. The van der Waals surface area contributed by atoms with Gasteiger partial charge in [-0.3, -0.25) is 4.79 Å². The third-order valence-electron chi connectivity index (χ3n) is 4.70. The molecule has 0 saturated carbocycles. The number of ether oxygens (including phenoxy) is 1.